The zero-order valence-electron chi connectivity index (χ0n) is 20.0. The van der Waals surface area contributed by atoms with Crippen LogP contribution in [0, 0.1) is 0 Å². The van der Waals surface area contributed by atoms with Gasteiger partial charge in [-0.25, -0.2) is 0 Å². The summed E-state index contributed by atoms with van der Waals surface area (Å²) in [5.41, 5.74) is 10.1. The number of halogens is 1. The zero-order chi connectivity index (χ0) is 23.9. The number of allylic oxidation sites excluding steroid dienone is 3. The molecule has 6 rings (SSSR count). The average Bonchev–Trinajstić information content (AvgIpc) is 3.24. The zero-order valence-corrected chi connectivity index (χ0v) is 21.6. The highest BCUT2D eigenvalue weighted by atomic mass is 79.9. The molecule has 0 radical (unpaired) electrons. The van der Waals surface area contributed by atoms with E-state index < -0.39 is 0 Å². The SMILES string of the molecule is C/C=C\c1c2c(n(-c3ccc4c(c3)c3ccccc3n4-c3ccc(Br)cc3)c1CC)C=CCC=C2. The molecule has 0 unspecified atom stereocenters. The molecule has 2 aromatic heterocycles. The van der Waals surface area contributed by atoms with Crippen molar-refractivity contribution >= 4 is 56.0 Å². The highest BCUT2D eigenvalue weighted by molar-refractivity contribution is 9.10. The number of hydrogen-bond acceptors (Lipinski definition) is 0. The fourth-order valence-corrected chi connectivity index (χ4v) is 5.69. The number of rotatable bonds is 4. The Morgan fingerprint density at radius 2 is 1.57 bits per heavy atom. The molecule has 0 saturated carbocycles. The predicted octanol–water partition coefficient (Wildman–Crippen LogP) is 9.36. The number of para-hydroxylation sites is 1. The van der Waals surface area contributed by atoms with Crippen molar-refractivity contribution < 1.29 is 0 Å². The van der Waals surface area contributed by atoms with Crippen molar-refractivity contribution in [2.45, 2.75) is 26.7 Å². The van der Waals surface area contributed by atoms with Crippen molar-refractivity contribution in [2.24, 2.45) is 0 Å². The third-order valence-electron chi connectivity index (χ3n) is 6.89. The molecule has 0 fully saturated rings. The van der Waals surface area contributed by atoms with Crippen LogP contribution < -0.4 is 0 Å². The van der Waals surface area contributed by atoms with Crippen LogP contribution in [0.25, 0.3) is 51.4 Å². The van der Waals surface area contributed by atoms with Gasteiger partial charge in [0.25, 0.3) is 0 Å². The first-order chi connectivity index (χ1) is 17.2. The van der Waals surface area contributed by atoms with Crippen LogP contribution in [0.2, 0.25) is 0 Å². The van der Waals surface area contributed by atoms with Crippen LogP contribution in [0.15, 0.2) is 89.4 Å². The van der Waals surface area contributed by atoms with Crippen LogP contribution in [0.3, 0.4) is 0 Å². The predicted molar refractivity (Wildman–Crippen MR) is 155 cm³/mol. The summed E-state index contributed by atoms with van der Waals surface area (Å²) in [6.45, 7) is 4.35. The van der Waals surface area contributed by atoms with Crippen LogP contribution in [0.4, 0.5) is 0 Å². The van der Waals surface area contributed by atoms with E-state index in [1.165, 1.54) is 55.7 Å². The van der Waals surface area contributed by atoms with Gasteiger partial charge in [0.2, 0.25) is 0 Å². The Morgan fingerprint density at radius 1 is 0.829 bits per heavy atom. The van der Waals surface area contributed by atoms with Crippen LogP contribution in [-0.4, -0.2) is 9.13 Å². The first-order valence-electron chi connectivity index (χ1n) is 12.2. The molecule has 1 aliphatic carbocycles. The maximum absolute atomic E-state index is 3.58. The summed E-state index contributed by atoms with van der Waals surface area (Å²) >= 11 is 3.58. The largest absolute Gasteiger partial charge is 0.313 e. The Kier molecular flexibility index (Phi) is 5.58. The van der Waals surface area contributed by atoms with Crippen molar-refractivity contribution in [3.05, 3.63) is 112 Å². The lowest BCUT2D eigenvalue weighted by Gasteiger charge is -2.13. The summed E-state index contributed by atoms with van der Waals surface area (Å²) in [7, 11) is 0. The average molecular weight is 519 g/mol. The van der Waals surface area contributed by atoms with E-state index in [2.05, 4.69) is 142 Å². The molecule has 1 aliphatic rings. The molecule has 2 heterocycles. The molecule has 2 nitrogen and oxygen atoms in total. The third kappa shape index (κ3) is 3.54. The van der Waals surface area contributed by atoms with E-state index in [1.54, 1.807) is 0 Å². The molecular weight excluding hydrogens is 492 g/mol. The molecule has 0 atom stereocenters. The molecule has 3 aromatic carbocycles. The molecule has 0 aliphatic heterocycles. The smallest absolute Gasteiger partial charge is 0.0542 e. The van der Waals surface area contributed by atoms with Crippen molar-refractivity contribution in [2.75, 3.05) is 0 Å². The minimum Gasteiger partial charge on any atom is -0.313 e. The highest BCUT2D eigenvalue weighted by Crippen LogP contribution is 2.37. The van der Waals surface area contributed by atoms with Gasteiger partial charge >= 0.3 is 0 Å². The Bertz CT molecular complexity index is 1660. The van der Waals surface area contributed by atoms with E-state index in [4.69, 9.17) is 0 Å². The van der Waals surface area contributed by atoms with E-state index in [9.17, 15) is 0 Å². The molecular formula is C32H27BrN2. The molecule has 0 amide bonds. The van der Waals surface area contributed by atoms with E-state index in [0.29, 0.717) is 0 Å². The summed E-state index contributed by atoms with van der Waals surface area (Å²) in [6, 6.07) is 24.2. The van der Waals surface area contributed by atoms with Crippen molar-refractivity contribution in [3.8, 4) is 11.4 Å². The van der Waals surface area contributed by atoms with Gasteiger partial charge in [0.05, 0.1) is 16.7 Å². The van der Waals surface area contributed by atoms with Gasteiger partial charge in [-0.1, -0.05) is 71.4 Å². The van der Waals surface area contributed by atoms with Crippen molar-refractivity contribution in [1.82, 2.24) is 9.13 Å². The van der Waals surface area contributed by atoms with Gasteiger partial charge in [0.15, 0.2) is 0 Å². The second kappa shape index (κ2) is 8.90. The minimum atomic E-state index is 0.963. The Balaban J connectivity index is 1.66. The number of benzene rings is 3. The second-order valence-electron chi connectivity index (χ2n) is 8.92. The Labute approximate surface area is 214 Å². The van der Waals surface area contributed by atoms with Crippen molar-refractivity contribution in [3.63, 3.8) is 0 Å². The number of nitrogens with zero attached hydrogens (tertiary/aromatic N) is 2. The van der Waals surface area contributed by atoms with E-state index in [1.807, 2.05) is 0 Å². The van der Waals surface area contributed by atoms with E-state index in [-0.39, 0.29) is 0 Å². The van der Waals surface area contributed by atoms with Gasteiger partial charge in [-0.05, 0) is 74.4 Å². The van der Waals surface area contributed by atoms with Gasteiger partial charge in [-0.2, -0.15) is 0 Å². The summed E-state index contributed by atoms with van der Waals surface area (Å²) in [6.07, 6.45) is 15.4. The lowest BCUT2D eigenvalue weighted by atomic mass is 10.1. The fourth-order valence-electron chi connectivity index (χ4n) is 5.43. The van der Waals surface area contributed by atoms with Crippen LogP contribution in [0.5, 0.6) is 0 Å². The molecule has 3 heteroatoms. The molecule has 172 valence electrons. The van der Waals surface area contributed by atoms with Crippen molar-refractivity contribution in [1.29, 1.82) is 0 Å². The van der Waals surface area contributed by atoms with E-state index >= 15 is 0 Å². The molecule has 0 bridgehead atoms. The normalized spacial score (nSPS) is 13.2. The van der Waals surface area contributed by atoms with Crippen LogP contribution >= 0.6 is 15.9 Å². The topological polar surface area (TPSA) is 9.86 Å². The summed E-state index contributed by atoms with van der Waals surface area (Å²) in [5, 5.41) is 2.54. The van der Waals surface area contributed by atoms with E-state index in [0.717, 1.165) is 17.3 Å². The number of aromatic nitrogens is 2. The quantitative estimate of drug-likeness (QED) is 0.224. The second-order valence-corrected chi connectivity index (χ2v) is 9.83. The fraction of sp³-hybridized carbons (Fsp3) is 0.125. The Hall–Kier alpha value is -3.56. The summed E-state index contributed by atoms with van der Waals surface area (Å²) in [4.78, 5) is 0. The van der Waals surface area contributed by atoms with Gasteiger partial charge in [0, 0.05) is 43.4 Å². The molecule has 0 N–H and O–H groups in total. The summed E-state index contributed by atoms with van der Waals surface area (Å²) < 4.78 is 5.91. The first-order valence-corrected chi connectivity index (χ1v) is 13.0. The molecule has 0 spiro atoms. The van der Waals surface area contributed by atoms with Gasteiger partial charge in [-0.15, -0.1) is 0 Å². The maximum Gasteiger partial charge on any atom is 0.0542 e. The molecule has 35 heavy (non-hydrogen) atoms. The van der Waals surface area contributed by atoms with Crippen LogP contribution in [-0.2, 0) is 6.42 Å². The molecule has 5 aromatic rings. The Morgan fingerprint density at radius 3 is 2.37 bits per heavy atom. The number of hydrogen-bond donors (Lipinski definition) is 0. The lowest BCUT2D eigenvalue weighted by Crippen LogP contribution is -2.02. The summed E-state index contributed by atoms with van der Waals surface area (Å²) in [5.74, 6) is 0. The lowest BCUT2D eigenvalue weighted by molar-refractivity contribution is 0.927. The standard InChI is InChI=1S/C32H27BrN2/c1-3-10-25-26-11-6-5-7-13-30(26)35(29(25)4-2)24-19-20-32-28(21-24)27-12-8-9-14-31(27)34(32)23-17-15-22(33)16-18-23/h3,6-21H,4-5H2,1-2H3/b10-3-. The van der Waals surface area contributed by atoms with Crippen LogP contribution in [0.1, 0.15) is 42.8 Å². The van der Waals surface area contributed by atoms with Gasteiger partial charge < -0.3 is 9.13 Å². The highest BCUT2D eigenvalue weighted by Gasteiger charge is 2.20. The first kappa shape index (κ1) is 21.9. The minimum absolute atomic E-state index is 0.963. The number of fused-ring (bicyclic) bond motifs is 4. The van der Waals surface area contributed by atoms with Gasteiger partial charge in [-0.3, -0.25) is 0 Å². The molecule has 0 saturated heterocycles. The maximum atomic E-state index is 3.58. The monoisotopic (exact) mass is 518 g/mol. The third-order valence-corrected chi connectivity index (χ3v) is 7.42. The van der Waals surface area contributed by atoms with Gasteiger partial charge in [0.1, 0.15) is 0 Å².